The van der Waals surface area contributed by atoms with Crippen LogP contribution in [-0.4, -0.2) is 41.2 Å². The molecule has 7 nitrogen and oxygen atoms in total. The van der Waals surface area contributed by atoms with Gasteiger partial charge >= 0.3 is 0 Å². The van der Waals surface area contributed by atoms with Crippen LogP contribution in [0, 0.1) is 0 Å². The maximum absolute atomic E-state index is 12.9. The van der Waals surface area contributed by atoms with E-state index < -0.39 is 0 Å². The Balaban J connectivity index is 1.64. The average molecular weight is 380 g/mol. The minimum absolute atomic E-state index is 0.0511. The van der Waals surface area contributed by atoms with Crippen molar-refractivity contribution in [3.63, 3.8) is 0 Å². The lowest BCUT2D eigenvalue weighted by atomic mass is 10.1. The number of nitrogens with one attached hydrogen (secondary N) is 1. The molecule has 28 heavy (non-hydrogen) atoms. The van der Waals surface area contributed by atoms with Gasteiger partial charge in [0.15, 0.2) is 0 Å². The van der Waals surface area contributed by atoms with Crippen LogP contribution in [0.1, 0.15) is 19.2 Å². The van der Waals surface area contributed by atoms with Gasteiger partial charge in [-0.2, -0.15) is 0 Å². The zero-order valence-electron chi connectivity index (χ0n) is 16.3. The summed E-state index contributed by atoms with van der Waals surface area (Å²) in [6.45, 7) is 2.21. The molecule has 0 fully saturated rings. The Morgan fingerprint density at radius 1 is 1.18 bits per heavy atom. The van der Waals surface area contributed by atoms with Gasteiger partial charge in [0.25, 0.3) is 0 Å². The number of amides is 1. The summed E-state index contributed by atoms with van der Waals surface area (Å²) in [6, 6.07) is 16.7. The highest BCUT2D eigenvalue weighted by atomic mass is 16.5. The number of hydrogen-bond acceptors (Lipinski definition) is 6. The van der Waals surface area contributed by atoms with Crippen molar-refractivity contribution in [2.45, 2.75) is 25.9 Å². The van der Waals surface area contributed by atoms with Crippen LogP contribution >= 0.6 is 0 Å². The fraction of sp³-hybridized carbons (Fsp3) is 0.286. The van der Waals surface area contributed by atoms with Crippen LogP contribution < -0.4 is 10.1 Å². The van der Waals surface area contributed by atoms with E-state index in [2.05, 4.69) is 15.5 Å². The quantitative estimate of drug-likeness (QED) is 0.643. The van der Waals surface area contributed by atoms with E-state index in [-0.39, 0.29) is 18.5 Å². The van der Waals surface area contributed by atoms with E-state index in [1.165, 1.54) is 0 Å². The smallest absolute Gasteiger partial charge is 0.247 e. The molecule has 146 valence electrons. The van der Waals surface area contributed by atoms with Gasteiger partial charge in [0.05, 0.1) is 13.7 Å². The summed E-state index contributed by atoms with van der Waals surface area (Å²) in [5, 5.41) is 11.4. The summed E-state index contributed by atoms with van der Waals surface area (Å²) in [6.07, 6.45) is 0.638. The Hall–Kier alpha value is -3.35. The molecule has 0 aliphatic carbocycles. The number of ether oxygens (including phenoxy) is 1. The standard InChI is InChI=1S/C21H24N4O3/c1-4-18(22-16-11-8-12-17(13-16)27-3)21(26)25(2)14-19-23-24-20(28-19)15-9-6-5-7-10-15/h5-13,18,22H,4,14H2,1-3H3/t18-/m0/s1. The Kier molecular flexibility index (Phi) is 6.26. The van der Waals surface area contributed by atoms with Crippen molar-refractivity contribution in [1.29, 1.82) is 0 Å². The molecule has 1 atom stereocenters. The number of carbonyl (C=O) groups is 1. The monoisotopic (exact) mass is 380 g/mol. The molecule has 0 bridgehead atoms. The highest BCUT2D eigenvalue weighted by Gasteiger charge is 2.22. The van der Waals surface area contributed by atoms with Crippen LogP contribution in [0.15, 0.2) is 59.0 Å². The van der Waals surface area contributed by atoms with E-state index in [0.29, 0.717) is 18.2 Å². The molecule has 7 heteroatoms. The number of anilines is 1. The molecule has 1 amide bonds. The molecule has 3 rings (SSSR count). The van der Waals surface area contributed by atoms with Crippen molar-refractivity contribution < 1.29 is 13.9 Å². The lowest BCUT2D eigenvalue weighted by molar-refractivity contribution is -0.131. The van der Waals surface area contributed by atoms with Crippen molar-refractivity contribution in [3.05, 3.63) is 60.5 Å². The second-order valence-corrected chi connectivity index (χ2v) is 6.40. The zero-order chi connectivity index (χ0) is 19.9. The van der Waals surface area contributed by atoms with Crippen molar-refractivity contribution >= 4 is 11.6 Å². The first kappa shape index (κ1) is 19.4. The molecule has 0 unspecified atom stereocenters. The van der Waals surface area contributed by atoms with Crippen molar-refractivity contribution in [2.75, 3.05) is 19.5 Å². The van der Waals surface area contributed by atoms with Gasteiger partial charge < -0.3 is 19.4 Å². The Morgan fingerprint density at radius 2 is 1.96 bits per heavy atom. The summed E-state index contributed by atoms with van der Waals surface area (Å²) in [5.41, 5.74) is 1.68. The maximum atomic E-state index is 12.9. The summed E-state index contributed by atoms with van der Waals surface area (Å²) >= 11 is 0. The minimum atomic E-state index is -0.367. The molecular weight excluding hydrogens is 356 g/mol. The van der Waals surface area contributed by atoms with E-state index in [4.69, 9.17) is 9.15 Å². The average Bonchev–Trinajstić information content (AvgIpc) is 3.20. The van der Waals surface area contributed by atoms with Gasteiger partial charge in [0.1, 0.15) is 11.8 Å². The number of carbonyl (C=O) groups excluding carboxylic acids is 1. The molecule has 0 spiro atoms. The lowest BCUT2D eigenvalue weighted by Gasteiger charge is -2.23. The van der Waals surface area contributed by atoms with Crippen molar-refractivity contribution in [3.8, 4) is 17.2 Å². The van der Waals surface area contributed by atoms with E-state index >= 15 is 0 Å². The van der Waals surface area contributed by atoms with Crippen LogP contribution in [0.4, 0.5) is 5.69 Å². The SMILES string of the molecule is CC[C@H](Nc1cccc(OC)c1)C(=O)N(C)Cc1nnc(-c2ccccc2)o1. The fourth-order valence-electron chi connectivity index (χ4n) is 2.81. The number of methoxy groups -OCH3 is 1. The minimum Gasteiger partial charge on any atom is -0.497 e. The van der Waals surface area contributed by atoms with Crippen LogP contribution in [0.5, 0.6) is 5.75 Å². The number of aromatic nitrogens is 2. The lowest BCUT2D eigenvalue weighted by Crippen LogP contribution is -2.40. The third-order valence-corrected chi connectivity index (χ3v) is 4.35. The van der Waals surface area contributed by atoms with Crippen LogP contribution in [0.25, 0.3) is 11.5 Å². The highest BCUT2D eigenvalue weighted by molar-refractivity contribution is 5.84. The van der Waals surface area contributed by atoms with E-state index in [1.807, 2.05) is 61.5 Å². The van der Waals surface area contributed by atoms with Gasteiger partial charge in [-0.25, -0.2) is 0 Å². The molecule has 0 saturated carbocycles. The number of benzene rings is 2. The molecule has 3 aromatic rings. The summed E-state index contributed by atoms with van der Waals surface area (Å²) < 4.78 is 10.9. The Labute approximate surface area is 164 Å². The Morgan fingerprint density at radius 3 is 2.68 bits per heavy atom. The third-order valence-electron chi connectivity index (χ3n) is 4.35. The predicted molar refractivity (Wildman–Crippen MR) is 107 cm³/mol. The molecule has 0 aliphatic heterocycles. The van der Waals surface area contributed by atoms with Crippen LogP contribution in [-0.2, 0) is 11.3 Å². The van der Waals surface area contributed by atoms with Crippen LogP contribution in [0.3, 0.4) is 0 Å². The second-order valence-electron chi connectivity index (χ2n) is 6.40. The molecule has 0 aliphatic rings. The molecule has 1 heterocycles. The largest absolute Gasteiger partial charge is 0.497 e. The number of hydrogen-bond donors (Lipinski definition) is 1. The number of rotatable bonds is 8. The van der Waals surface area contributed by atoms with E-state index in [0.717, 1.165) is 17.0 Å². The predicted octanol–water partition coefficient (Wildman–Crippen LogP) is 3.59. The first-order valence-corrected chi connectivity index (χ1v) is 9.14. The molecule has 0 radical (unpaired) electrons. The van der Waals surface area contributed by atoms with Gasteiger partial charge in [0, 0.05) is 24.4 Å². The van der Waals surface area contributed by atoms with Gasteiger partial charge in [-0.1, -0.05) is 31.2 Å². The molecule has 2 aromatic carbocycles. The van der Waals surface area contributed by atoms with Crippen LogP contribution in [0.2, 0.25) is 0 Å². The number of likely N-dealkylation sites (N-methyl/N-ethyl adjacent to an activating group) is 1. The van der Waals surface area contributed by atoms with Gasteiger partial charge in [0.2, 0.25) is 17.7 Å². The fourth-order valence-corrected chi connectivity index (χ4v) is 2.81. The molecular formula is C21H24N4O3. The second kappa shape index (κ2) is 9.03. The summed E-state index contributed by atoms with van der Waals surface area (Å²) in [5.74, 6) is 1.52. The summed E-state index contributed by atoms with van der Waals surface area (Å²) in [4.78, 5) is 14.4. The first-order chi connectivity index (χ1) is 13.6. The van der Waals surface area contributed by atoms with Crippen molar-refractivity contribution in [2.24, 2.45) is 0 Å². The van der Waals surface area contributed by atoms with Gasteiger partial charge in [-0.05, 0) is 30.7 Å². The zero-order valence-corrected chi connectivity index (χ0v) is 16.3. The third kappa shape index (κ3) is 4.68. The first-order valence-electron chi connectivity index (χ1n) is 9.14. The highest BCUT2D eigenvalue weighted by Crippen LogP contribution is 2.20. The number of nitrogens with zero attached hydrogens (tertiary/aromatic N) is 3. The van der Waals surface area contributed by atoms with Gasteiger partial charge in [-0.15, -0.1) is 10.2 Å². The topological polar surface area (TPSA) is 80.5 Å². The Bertz CT molecular complexity index is 911. The molecule has 0 saturated heterocycles. The normalized spacial score (nSPS) is 11.7. The molecule has 1 aromatic heterocycles. The maximum Gasteiger partial charge on any atom is 0.247 e. The van der Waals surface area contributed by atoms with E-state index in [1.54, 1.807) is 19.1 Å². The van der Waals surface area contributed by atoms with Crippen molar-refractivity contribution in [1.82, 2.24) is 15.1 Å². The van der Waals surface area contributed by atoms with E-state index in [9.17, 15) is 4.79 Å². The van der Waals surface area contributed by atoms with Gasteiger partial charge in [-0.3, -0.25) is 4.79 Å². The summed E-state index contributed by atoms with van der Waals surface area (Å²) in [7, 11) is 3.34. The molecule has 1 N–H and O–H groups in total.